The second-order valence-corrected chi connectivity index (χ2v) is 4.24. The zero-order valence-corrected chi connectivity index (χ0v) is 10.6. The summed E-state index contributed by atoms with van der Waals surface area (Å²) in [6.45, 7) is 0. The van der Waals surface area contributed by atoms with Crippen LogP contribution < -0.4 is 4.74 Å². The van der Waals surface area contributed by atoms with Crippen molar-refractivity contribution in [2.24, 2.45) is 0 Å². The Balaban J connectivity index is 3.06. The first-order valence-electron chi connectivity index (χ1n) is 4.73. The summed E-state index contributed by atoms with van der Waals surface area (Å²) < 4.78 is 5.60. The number of rotatable bonds is 5. The molecule has 1 aromatic rings. The maximum absolute atomic E-state index is 11.0. The molecule has 5 nitrogen and oxygen atoms in total. The average molecular weight is 303 g/mol. The SMILES string of the molecule is COc1ccc([C@@H](CC(=O)O)C(=O)O)cc1Br. The van der Waals surface area contributed by atoms with Crippen LogP contribution in [0.2, 0.25) is 0 Å². The first-order valence-corrected chi connectivity index (χ1v) is 5.53. The van der Waals surface area contributed by atoms with Crippen LogP contribution in [0, 0.1) is 0 Å². The normalized spacial score (nSPS) is 11.9. The first kappa shape index (κ1) is 13.5. The van der Waals surface area contributed by atoms with E-state index < -0.39 is 24.3 Å². The molecular weight excluding hydrogens is 292 g/mol. The van der Waals surface area contributed by atoms with Gasteiger partial charge in [0.2, 0.25) is 0 Å². The molecule has 1 atom stereocenters. The number of hydrogen-bond acceptors (Lipinski definition) is 3. The lowest BCUT2D eigenvalue weighted by Crippen LogP contribution is -2.15. The Labute approximate surface area is 106 Å². The molecule has 0 bridgehead atoms. The summed E-state index contributed by atoms with van der Waals surface area (Å²) in [6.07, 6.45) is -0.450. The molecule has 0 amide bonds. The summed E-state index contributed by atoms with van der Waals surface area (Å²) in [5, 5.41) is 17.6. The summed E-state index contributed by atoms with van der Waals surface area (Å²) in [5.74, 6) is -2.81. The van der Waals surface area contributed by atoms with E-state index in [1.165, 1.54) is 7.11 Å². The van der Waals surface area contributed by atoms with Gasteiger partial charge >= 0.3 is 11.9 Å². The fourth-order valence-corrected chi connectivity index (χ4v) is 1.98. The van der Waals surface area contributed by atoms with Gasteiger partial charge in [0.05, 0.1) is 23.9 Å². The lowest BCUT2D eigenvalue weighted by molar-refractivity contribution is -0.145. The molecule has 0 aliphatic rings. The van der Waals surface area contributed by atoms with Crippen molar-refractivity contribution in [2.75, 3.05) is 7.11 Å². The van der Waals surface area contributed by atoms with Crippen molar-refractivity contribution in [3.05, 3.63) is 28.2 Å². The van der Waals surface area contributed by atoms with E-state index in [-0.39, 0.29) is 0 Å². The number of ether oxygens (including phenoxy) is 1. The van der Waals surface area contributed by atoms with Crippen LogP contribution in [-0.2, 0) is 9.59 Å². The molecule has 0 saturated carbocycles. The number of hydrogen-bond donors (Lipinski definition) is 2. The van der Waals surface area contributed by atoms with Crippen LogP contribution in [0.3, 0.4) is 0 Å². The van der Waals surface area contributed by atoms with Gasteiger partial charge < -0.3 is 14.9 Å². The van der Waals surface area contributed by atoms with Crippen molar-refractivity contribution in [3.8, 4) is 5.75 Å². The second-order valence-electron chi connectivity index (χ2n) is 3.38. The molecule has 0 saturated heterocycles. The zero-order chi connectivity index (χ0) is 13.0. The molecule has 0 heterocycles. The van der Waals surface area contributed by atoms with Gasteiger partial charge in [-0.3, -0.25) is 9.59 Å². The molecule has 0 aromatic heterocycles. The zero-order valence-electron chi connectivity index (χ0n) is 9.01. The van der Waals surface area contributed by atoms with E-state index in [4.69, 9.17) is 14.9 Å². The monoisotopic (exact) mass is 302 g/mol. The van der Waals surface area contributed by atoms with E-state index in [2.05, 4.69) is 15.9 Å². The van der Waals surface area contributed by atoms with Crippen LogP contribution in [0.4, 0.5) is 0 Å². The standard InChI is InChI=1S/C11H11BrO5/c1-17-9-3-2-6(4-8(9)12)7(11(15)16)5-10(13)14/h2-4,7H,5H2,1H3,(H,13,14)(H,15,16)/t7-/m1/s1. The summed E-state index contributed by atoms with van der Waals surface area (Å²) in [7, 11) is 1.49. The van der Waals surface area contributed by atoms with Crippen LogP contribution in [0.5, 0.6) is 5.75 Å². The van der Waals surface area contributed by atoms with Crippen molar-refractivity contribution >= 4 is 27.9 Å². The third kappa shape index (κ3) is 3.45. The molecular formula is C11H11BrO5. The van der Waals surface area contributed by atoms with Gasteiger partial charge in [-0.15, -0.1) is 0 Å². The van der Waals surface area contributed by atoms with Gasteiger partial charge in [0.25, 0.3) is 0 Å². The Bertz CT molecular complexity index is 443. The van der Waals surface area contributed by atoms with E-state index >= 15 is 0 Å². The Hall–Kier alpha value is -1.56. The lowest BCUT2D eigenvalue weighted by atomic mass is 9.96. The maximum atomic E-state index is 11.0. The average Bonchev–Trinajstić information content (AvgIpc) is 2.25. The molecule has 1 aromatic carbocycles. The minimum Gasteiger partial charge on any atom is -0.496 e. The van der Waals surface area contributed by atoms with Gasteiger partial charge in [0.15, 0.2) is 0 Å². The predicted molar refractivity (Wildman–Crippen MR) is 63.3 cm³/mol. The number of carbonyl (C=O) groups is 2. The molecule has 0 aliphatic heterocycles. The highest BCUT2D eigenvalue weighted by Gasteiger charge is 2.23. The highest BCUT2D eigenvalue weighted by atomic mass is 79.9. The molecule has 2 N–H and O–H groups in total. The van der Waals surface area contributed by atoms with E-state index in [0.29, 0.717) is 15.8 Å². The number of benzene rings is 1. The minimum absolute atomic E-state index is 0.424. The number of aliphatic carboxylic acids is 2. The van der Waals surface area contributed by atoms with E-state index in [1.54, 1.807) is 18.2 Å². The fourth-order valence-electron chi connectivity index (χ4n) is 1.42. The Morgan fingerprint density at radius 3 is 2.47 bits per heavy atom. The number of halogens is 1. The maximum Gasteiger partial charge on any atom is 0.311 e. The van der Waals surface area contributed by atoms with Gasteiger partial charge in [-0.25, -0.2) is 0 Å². The van der Waals surface area contributed by atoms with Crippen LogP contribution in [0.1, 0.15) is 17.9 Å². The summed E-state index contributed by atoms with van der Waals surface area (Å²) in [5.41, 5.74) is 0.424. The molecule has 0 unspecified atom stereocenters. The van der Waals surface area contributed by atoms with Crippen molar-refractivity contribution in [3.63, 3.8) is 0 Å². The van der Waals surface area contributed by atoms with Crippen LogP contribution in [-0.4, -0.2) is 29.3 Å². The number of carboxylic acids is 2. The van der Waals surface area contributed by atoms with Crippen LogP contribution in [0.15, 0.2) is 22.7 Å². The van der Waals surface area contributed by atoms with Crippen LogP contribution >= 0.6 is 15.9 Å². The third-order valence-electron chi connectivity index (χ3n) is 2.26. The van der Waals surface area contributed by atoms with Crippen molar-refractivity contribution in [1.29, 1.82) is 0 Å². The summed E-state index contributed by atoms with van der Waals surface area (Å²) >= 11 is 3.23. The molecule has 0 fully saturated rings. The number of carboxylic acid groups (broad SMARTS) is 2. The molecule has 92 valence electrons. The molecule has 0 aliphatic carbocycles. The number of methoxy groups -OCH3 is 1. The predicted octanol–water partition coefficient (Wildman–Crippen LogP) is 2.10. The van der Waals surface area contributed by atoms with Gasteiger partial charge in [0.1, 0.15) is 5.75 Å². The first-order chi connectivity index (χ1) is 7.95. The largest absolute Gasteiger partial charge is 0.496 e. The molecule has 6 heteroatoms. The van der Waals surface area contributed by atoms with Crippen molar-refractivity contribution < 1.29 is 24.5 Å². The Morgan fingerprint density at radius 1 is 1.41 bits per heavy atom. The highest BCUT2D eigenvalue weighted by molar-refractivity contribution is 9.10. The Kier molecular flexibility index (Phi) is 4.51. The van der Waals surface area contributed by atoms with E-state index in [1.807, 2.05) is 0 Å². The van der Waals surface area contributed by atoms with Crippen molar-refractivity contribution in [1.82, 2.24) is 0 Å². The molecule has 0 spiro atoms. The quantitative estimate of drug-likeness (QED) is 0.870. The summed E-state index contributed by atoms with van der Waals surface area (Å²) in [4.78, 5) is 21.6. The van der Waals surface area contributed by atoms with Gasteiger partial charge in [-0.1, -0.05) is 6.07 Å². The highest BCUT2D eigenvalue weighted by Crippen LogP contribution is 2.30. The second kappa shape index (κ2) is 5.67. The molecule has 1 rings (SSSR count). The van der Waals surface area contributed by atoms with Gasteiger partial charge in [0, 0.05) is 0 Å². The smallest absolute Gasteiger partial charge is 0.311 e. The molecule has 0 radical (unpaired) electrons. The van der Waals surface area contributed by atoms with Crippen molar-refractivity contribution in [2.45, 2.75) is 12.3 Å². The molecule has 17 heavy (non-hydrogen) atoms. The van der Waals surface area contributed by atoms with Gasteiger partial charge in [-0.2, -0.15) is 0 Å². The topological polar surface area (TPSA) is 83.8 Å². The Morgan fingerprint density at radius 2 is 2.06 bits per heavy atom. The third-order valence-corrected chi connectivity index (χ3v) is 2.87. The minimum atomic E-state index is -1.16. The van der Waals surface area contributed by atoms with Crippen LogP contribution in [0.25, 0.3) is 0 Å². The van der Waals surface area contributed by atoms with E-state index in [0.717, 1.165) is 0 Å². The van der Waals surface area contributed by atoms with Gasteiger partial charge in [-0.05, 0) is 33.6 Å². The van der Waals surface area contributed by atoms with E-state index in [9.17, 15) is 9.59 Å². The fraction of sp³-hybridized carbons (Fsp3) is 0.273. The summed E-state index contributed by atoms with van der Waals surface area (Å²) in [6, 6.07) is 4.70. The lowest BCUT2D eigenvalue weighted by Gasteiger charge is -2.12.